The van der Waals surface area contributed by atoms with Crippen molar-refractivity contribution in [3.05, 3.63) is 45.0 Å². The Balaban J connectivity index is 2.49. The molecule has 8 heteroatoms. The molecule has 0 bridgehead atoms. The predicted octanol–water partition coefficient (Wildman–Crippen LogP) is 2.07. The van der Waals surface area contributed by atoms with E-state index in [1.807, 2.05) is 0 Å². The number of benzene rings is 1. The minimum absolute atomic E-state index is 0.0325. The third-order valence-electron chi connectivity index (χ3n) is 2.46. The molecule has 18 heavy (non-hydrogen) atoms. The number of aryl methyl sites for hydroxylation is 1. The zero-order valence-electron chi connectivity index (χ0n) is 9.40. The van der Waals surface area contributed by atoms with E-state index in [2.05, 4.69) is 10.3 Å². The molecule has 0 saturated carbocycles. The molecule has 0 aliphatic carbocycles. The van der Waals surface area contributed by atoms with Gasteiger partial charge in [0.05, 0.1) is 16.3 Å². The molecule has 2 aromatic rings. The summed E-state index contributed by atoms with van der Waals surface area (Å²) in [5, 5.41) is 17.4. The number of hydrogen-bond acceptors (Lipinski definition) is 6. The summed E-state index contributed by atoms with van der Waals surface area (Å²) in [6.07, 6.45) is 0. The van der Waals surface area contributed by atoms with Gasteiger partial charge < -0.3 is 5.73 Å². The first-order valence-corrected chi connectivity index (χ1v) is 4.98. The molecule has 0 radical (unpaired) electrons. The number of nitroso groups, excluding NO2 is 1. The fourth-order valence-electron chi connectivity index (χ4n) is 1.56. The molecule has 1 aromatic heterocycles. The Hall–Kier alpha value is -2.77. The molecule has 0 aliphatic heterocycles. The normalized spacial score (nSPS) is 10.3. The average molecular weight is 247 g/mol. The first kappa shape index (κ1) is 11.7. The van der Waals surface area contributed by atoms with Crippen LogP contribution >= 0.6 is 0 Å². The van der Waals surface area contributed by atoms with Crippen LogP contribution in [0.15, 0.2) is 29.4 Å². The van der Waals surface area contributed by atoms with Gasteiger partial charge in [0.1, 0.15) is 0 Å². The quantitative estimate of drug-likeness (QED) is 0.506. The molecule has 0 amide bonds. The van der Waals surface area contributed by atoms with Crippen LogP contribution in [-0.4, -0.2) is 14.7 Å². The van der Waals surface area contributed by atoms with E-state index in [4.69, 9.17) is 5.73 Å². The summed E-state index contributed by atoms with van der Waals surface area (Å²) < 4.78 is 1.32. The Morgan fingerprint density at radius 1 is 1.39 bits per heavy atom. The second-order valence-corrected chi connectivity index (χ2v) is 3.60. The summed E-state index contributed by atoms with van der Waals surface area (Å²) in [5.74, 6) is 0.108. The highest BCUT2D eigenvalue weighted by Gasteiger charge is 2.15. The number of anilines is 1. The Kier molecular flexibility index (Phi) is 2.76. The average Bonchev–Trinajstić information content (AvgIpc) is 2.64. The summed E-state index contributed by atoms with van der Waals surface area (Å²) in [7, 11) is 0. The Morgan fingerprint density at radius 2 is 2.00 bits per heavy atom. The van der Waals surface area contributed by atoms with Crippen molar-refractivity contribution in [3.63, 3.8) is 0 Å². The summed E-state index contributed by atoms with van der Waals surface area (Å²) in [6, 6.07) is 5.66. The number of nitrogens with two attached hydrogens (primary N) is 1. The molecule has 1 aromatic carbocycles. The minimum atomic E-state index is -0.500. The molecule has 2 rings (SSSR count). The molecule has 8 nitrogen and oxygen atoms in total. The van der Waals surface area contributed by atoms with E-state index in [9.17, 15) is 15.0 Å². The summed E-state index contributed by atoms with van der Waals surface area (Å²) in [5.41, 5.74) is 6.69. The van der Waals surface area contributed by atoms with Crippen molar-refractivity contribution in [1.29, 1.82) is 0 Å². The number of aromatic nitrogens is 2. The summed E-state index contributed by atoms with van der Waals surface area (Å²) in [4.78, 5) is 20.6. The highest BCUT2D eigenvalue weighted by atomic mass is 16.6. The van der Waals surface area contributed by atoms with E-state index in [0.29, 0.717) is 11.4 Å². The van der Waals surface area contributed by atoms with E-state index >= 15 is 0 Å². The summed E-state index contributed by atoms with van der Waals surface area (Å²) >= 11 is 0. The van der Waals surface area contributed by atoms with Crippen molar-refractivity contribution in [2.45, 2.75) is 6.92 Å². The van der Waals surface area contributed by atoms with Gasteiger partial charge in [0.25, 0.3) is 5.69 Å². The van der Waals surface area contributed by atoms with Gasteiger partial charge in [-0.3, -0.25) is 10.1 Å². The van der Waals surface area contributed by atoms with Crippen LogP contribution in [0.3, 0.4) is 0 Å². The molecule has 0 unspecified atom stereocenters. The van der Waals surface area contributed by atoms with E-state index < -0.39 is 4.92 Å². The first-order valence-electron chi connectivity index (χ1n) is 4.98. The highest BCUT2D eigenvalue weighted by Crippen LogP contribution is 2.28. The van der Waals surface area contributed by atoms with Gasteiger partial charge in [0, 0.05) is 12.1 Å². The van der Waals surface area contributed by atoms with Crippen molar-refractivity contribution in [2.24, 2.45) is 5.18 Å². The third-order valence-corrected chi connectivity index (χ3v) is 2.46. The standard InChI is InChI=1S/C10H9N5O3/c1-6-9(13-16)10(11)14(12-6)7-2-4-8(5-3-7)15(17)18/h2-5H,11H2,1H3. The van der Waals surface area contributed by atoms with Crippen LogP contribution in [-0.2, 0) is 0 Å². The Labute approximate surface area is 101 Å². The zero-order valence-corrected chi connectivity index (χ0v) is 9.40. The molecule has 1 heterocycles. The van der Waals surface area contributed by atoms with Crippen molar-refractivity contribution >= 4 is 17.2 Å². The minimum Gasteiger partial charge on any atom is -0.382 e. The van der Waals surface area contributed by atoms with Gasteiger partial charge in [-0.25, -0.2) is 4.68 Å². The summed E-state index contributed by atoms with van der Waals surface area (Å²) in [6.45, 7) is 1.61. The van der Waals surface area contributed by atoms with Gasteiger partial charge in [-0.05, 0) is 24.2 Å². The number of nitrogens with zero attached hydrogens (tertiary/aromatic N) is 4. The highest BCUT2D eigenvalue weighted by molar-refractivity contribution is 5.64. The van der Waals surface area contributed by atoms with Crippen molar-refractivity contribution in [2.75, 3.05) is 5.73 Å². The number of nitro groups is 1. The fourth-order valence-corrected chi connectivity index (χ4v) is 1.56. The maximum atomic E-state index is 10.6. The Bertz CT molecular complexity index is 617. The Morgan fingerprint density at radius 3 is 2.44 bits per heavy atom. The molecule has 0 fully saturated rings. The second kappa shape index (κ2) is 4.24. The van der Waals surface area contributed by atoms with Crippen LogP contribution in [0, 0.1) is 21.9 Å². The van der Waals surface area contributed by atoms with E-state index in [0.717, 1.165) is 0 Å². The fraction of sp³-hybridized carbons (Fsp3) is 0.100. The SMILES string of the molecule is Cc1nn(-c2ccc([N+](=O)[O-])cc2)c(N)c1N=O. The molecule has 0 aliphatic rings. The van der Waals surface area contributed by atoms with Gasteiger partial charge in [0.2, 0.25) is 0 Å². The largest absolute Gasteiger partial charge is 0.382 e. The maximum absolute atomic E-state index is 10.6. The van der Waals surface area contributed by atoms with Crippen LogP contribution < -0.4 is 5.73 Å². The van der Waals surface area contributed by atoms with Gasteiger partial charge in [-0.1, -0.05) is 0 Å². The van der Waals surface area contributed by atoms with Gasteiger partial charge in [-0.15, -0.1) is 4.91 Å². The number of hydrogen-bond donors (Lipinski definition) is 1. The van der Waals surface area contributed by atoms with E-state index in [1.165, 1.54) is 28.9 Å². The van der Waals surface area contributed by atoms with Crippen molar-refractivity contribution < 1.29 is 4.92 Å². The van der Waals surface area contributed by atoms with Crippen LogP contribution in [0.2, 0.25) is 0 Å². The third kappa shape index (κ3) is 1.79. The van der Waals surface area contributed by atoms with Gasteiger partial charge in [0.15, 0.2) is 11.5 Å². The van der Waals surface area contributed by atoms with E-state index in [-0.39, 0.29) is 17.2 Å². The lowest BCUT2D eigenvalue weighted by atomic mass is 10.3. The van der Waals surface area contributed by atoms with Crippen LogP contribution in [0.25, 0.3) is 5.69 Å². The van der Waals surface area contributed by atoms with Crippen LogP contribution in [0.1, 0.15) is 5.69 Å². The molecule has 0 saturated heterocycles. The second-order valence-electron chi connectivity index (χ2n) is 3.60. The van der Waals surface area contributed by atoms with Gasteiger partial charge in [-0.2, -0.15) is 5.10 Å². The van der Waals surface area contributed by atoms with E-state index in [1.54, 1.807) is 6.92 Å². The smallest absolute Gasteiger partial charge is 0.269 e. The molecular weight excluding hydrogens is 238 g/mol. The number of nitro benzene ring substituents is 1. The molecular formula is C10H9N5O3. The zero-order chi connectivity index (χ0) is 13.3. The molecule has 2 N–H and O–H groups in total. The van der Waals surface area contributed by atoms with Crippen molar-refractivity contribution in [1.82, 2.24) is 9.78 Å². The van der Waals surface area contributed by atoms with Gasteiger partial charge >= 0.3 is 0 Å². The lowest BCUT2D eigenvalue weighted by molar-refractivity contribution is -0.384. The van der Waals surface area contributed by atoms with Crippen molar-refractivity contribution in [3.8, 4) is 5.69 Å². The lowest BCUT2D eigenvalue weighted by Crippen LogP contribution is -2.01. The maximum Gasteiger partial charge on any atom is 0.269 e. The molecule has 0 atom stereocenters. The molecule has 0 spiro atoms. The molecule has 92 valence electrons. The number of rotatable bonds is 3. The lowest BCUT2D eigenvalue weighted by Gasteiger charge is -2.02. The van der Waals surface area contributed by atoms with Crippen LogP contribution in [0.5, 0.6) is 0 Å². The first-order chi connectivity index (χ1) is 8.54. The number of nitrogen functional groups attached to an aromatic ring is 1. The topological polar surface area (TPSA) is 116 Å². The number of non-ortho nitro benzene ring substituents is 1. The van der Waals surface area contributed by atoms with Crippen LogP contribution in [0.4, 0.5) is 17.2 Å². The monoisotopic (exact) mass is 247 g/mol. The predicted molar refractivity (Wildman–Crippen MR) is 64.8 cm³/mol.